The molecule has 2 aromatic carbocycles. The van der Waals surface area contributed by atoms with E-state index in [0.717, 1.165) is 31.4 Å². The molecule has 4 rings (SSSR count). The fraction of sp³-hybridized carbons (Fsp3) is 0.316. The lowest BCUT2D eigenvalue weighted by Gasteiger charge is -2.27. The fourth-order valence-electron chi connectivity index (χ4n) is 3.64. The van der Waals surface area contributed by atoms with Gasteiger partial charge in [0.25, 0.3) is 0 Å². The van der Waals surface area contributed by atoms with Crippen molar-refractivity contribution < 1.29 is 9.53 Å². The van der Waals surface area contributed by atoms with E-state index in [0.29, 0.717) is 0 Å². The first-order valence-electron chi connectivity index (χ1n) is 7.64. The zero-order chi connectivity index (χ0) is 14.2. The van der Waals surface area contributed by atoms with E-state index in [1.807, 2.05) is 18.2 Å². The minimum atomic E-state index is 0.0678. The number of hydrogen-bond acceptors (Lipinski definition) is 2. The van der Waals surface area contributed by atoms with Crippen molar-refractivity contribution >= 4 is 5.78 Å². The summed E-state index contributed by atoms with van der Waals surface area (Å²) in [6, 6.07) is 16.5. The highest BCUT2D eigenvalue weighted by Gasteiger charge is 2.33. The third-order valence-electron chi connectivity index (χ3n) is 4.71. The molecule has 0 saturated carbocycles. The monoisotopic (exact) mass is 278 g/mol. The summed E-state index contributed by atoms with van der Waals surface area (Å²) in [4.78, 5) is 12.5. The summed E-state index contributed by atoms with van der Waals surface area (Å²) in [5.74, 6) is 0.357. The van der Waals surface area contributed by atoms with Gasteiger partial charge in [0, 0.05) is 11.5 Å². The van der Waals surface area contributed by atoms with Crippen LogP contribution in [-0.4, -0.2) is 12.4 Å². The molecule has 21 heavy (non-hydrogen) atoms. The Balaban J connectivity index is 1.58. The molecule has 2 atom stereocenters. The molecule has 0 saturated heterocycles. The van der Waals surface area contributed by atoms with Gasteiger partial charge in [0.05, 0.1) is 12.7 Å². The van der Waals surface area contributed by atoms with Gasteiger partial charge in [-0.25, -0.2) is 0 Å². The van der Waals surface area contributed by atoms with Crippen molar-refractivity contribution in [1.82, 2.24) is 0 Å². The Morgan fingerprint density at radius 2 is 1.76 bits per heavy atom. The number of rotatable bonds is 2. The average molecular weight is 278 g/mol. The van der Waals surface area contributed by atoms with E-state index < -0.39 is 0 Å². The van der Waals surface area contributed by atoms with Crippen LogP contribution in [0.3, 0.4) is 0 Å². The van der Waals surface area contributed by atoms with Gasteiger partial charge in [-0.2, -0.15) is 0 Å². The summed E-state index contributed by atoms with van der Waals surface area (Å²) in [6.45, 7) is 0.759. The Kier molecular flexibility index (Phi) is 3.12. The number of hydrogen-bond donors (Lipinski definition) is 0. The highest BCUT2D eigenvalue weighted by atomic mass is 16.5. The van der Waals surface area contributed by atoms with Crippen LogP contribution < -0.4 is 0 Å². The second-order valence-electron chi connectivity index (χ2n) is 5.97. The normalized spacial score (nSPS) is 23.7. The lowest BCUT2D eigenvalue weighted by Crippen LogP contribution is -2.21. The standard InChI is InChI=1S/C19H18O2/c20-19-15(11-14-6-2-4-8-17(14)19)12-18-16-7-3-1-5-13(16)9-10-21-18/h1-8,15,18H,9-12H2. The number of fused-ring (bicyclic) bond motifs is 2. The summed E-state index contributed by atoms with van der Waals surface area (Å²) in [5, 5.41) is 0. The minimum Gasteiger partial charge on any atom is -0.373 e. The quantitative estimate of drug-likeness (QED) is 0.836. The molecule has 0 N–H and O–H groups in total. The fourth-order valence-corrected chi connectivity index (χ4v) is 3.64. The molecule has 2 aromatic rings. The number of ether oxygens (including phenoxy) is 1. The van der Waals surface area contributed by atoms with E-state index in [4.69, 9.17) is 4.74 Å². The third kappa shape index (κ3) is 2.20. The molecular formula is C19H18O2. The highest BCUT2D eigenvalue weighted by Crippen LogP contribution is 2.37. The molecule has 106 valence electrons. The van der Waals surface area contributed by atoms with E-state index in [1.165, 1.54) is 16.7 Å². The van der Waals surface area contributed by atoms with Crippen LogP contribution in [0.2, 0.25) is 0 Å². The highest BCUT2D eigenvalue weighted by molar-refractivity contribution is 6.02. The topological polar surface area (TPSA) is 26.3 Å². The maximum absolute atomic E-state index is 12.5. The van der Waals surface area contributed by atoms with E-state index in [-0.39, 0.29) is 17.8 Å². The van der Waals surface area contributed by atoms with Gasteiger partial charge in [0.1, 0.15) is 0 Å². The Bertz CT molecular complexity index is 689. The molecule has 2 aliphatic rings. The Morgan fingerprint density at radius 1 is 1.00 bits per heavy atom. The number of ketones is 1. The number of benzene rings is 2. The van der Waals surface area contributed by atoms with Crippen molar-refractivity contribution in [2.24, 2.45) is 5.92 Å². The number of carbonyl (C=O) groups excluding carboxylic acids is 1. The first-order valence-corrected chi connectivity index (χ1v) is 7.64. The number of carbonyl (C=O) groups is 1. The molecule has 0 radical (unpaired) electrons. The van der Waals surface area contributed by atoms with Gasteiger partial charge in [0.2, 0.25) is 0 Å². The van der Waals surface area contributed by atoms with Gasteiger partial charge in [0.15, 0.2) is 5.78 Å². The maximum Gasteiger partial charge on any atom is 0.166 e. The lowest BCUT2D eigenvalue weighted by atomic mass is 9.89. The lowest BCUT2D eigenvalue weighted by molar-refractivity contribution is 0.0258. The second-order valence-corrected chi connectivity index (χ2v) is 5.97. The Morgan fingerprint density at radius 3 is 2.62 bits per heavy atom. The molecule has 1 heterocycles. The zero-order valence-electron chi connectivity index (χ0n) is 11.9. The van der Waals surface area contributed by atoms with Gasteiger partial charge in [-0.05, 0) is 36.0 Å². The summed E-state index contributed by atoms with van der Waals surface area (Å²) >= 11 is 0. The van der Waals surface area contributed by atoms with Crippen LogP contribution in [0.4, 0.5) is 0 Å². The van der Waals surface area contributed by atoms with Gasteiger partial charge in [-0.1, -0.05) is 48.5 Å². The van der Waals surface area contributed by atoms with Crippen LogP contribution in [-0.2, 0) is 17.6 Å². The van der Waals surface area contributed by atoms with Crippen LogP contribution in [0.25, 0.3) is 0 Å². The summed E-state index contributed by atoms with van der Waals surface area (Å²) in [7, 11) is 0. The molecule has 0 spiro atoms. The number of Topliss-reactive ketones (excluding diaryl/α,β-unsaturated/α-hetero) is 1. The molecule has 1 aliphatic carbocycles. The van der Waals surface area contributed by atoms with Gasteiger partial charge in [-0.3, -0.25) is 4.79 Å². The van der Waals surface area contributed by atoms with Crippen LogP contribution in [0, 0.1) is 5.92 Å². The molecule has 2 unspecified atom stereocenters. The van der Waals surface area contributed by atoms with Crippen molar-refractivity contribution in [3.63, 3.8) is 0 Å². The minimum absolute atomic E-state index is 0.0678. The average Bonchev–Trinajstić information content (AvgIpc) is 2.85. The van der Waals surface area contributed by atoms with Crippen molar-refractivity contribution in [2.75, 3.05) is 6.61 Å². The molecule has 1 aliphatic heterocycles. The van der Waals surface area contributed by atoms with Crippen molar-refractivity contribution in [1.29, 1.82) is 0 Å². The third-order valence-corrected chi connectivity index (χ3v) is 4.71. The maximum atomic E-state index is 12.5. The van der Waals surface area contributed by atoms with Crippen molar-refractivity contribution in [2.45, 2.75) is 25.4 Å². The first-order chi connectivity index (χ1) is 10.3. The van der Waals surface area contributed by atoms with Crippen LogP contribution in [0.15, 0.2) is 48.5 Å². The second kappa shape index (κ2) is 5.12. The molecular weight excluding hydrogens is 260 g/mol. The predicted molar refractivity (Wildman–Crippen MR) is 81.4 cm³/mol. The molecule has 0 bridgehead atoms. The largest absolute Gasteiger partial charge is 0.373 e. The molecule has 0 aromatic heterocycles. The van der Waals surface area contributed by atoms with Gasteiger partial charge >= 0.3 is 0 Å². The predicted octanol–water partition coefficient (Wildman–Crippen LogP) is 3.75. The smallest absolute Gasteiger partial charge is 0.166 e. The van der Waals surface area contributed by atoms with Crippen LogP contribution >= 0.6 is 0 Å². The zero-order valence-corrected chi connectivity index (χ0v) is 11.9. The Labute approximate surface area is 124 Å². The van der Waals surface area contributed by atoms with Gasteiger partial charge in [-0.15, -0.1) is 0 Å². The van der Waals surface area contributed by atoms with Crippen molar-refractivity contribution in [3.05, 3.63) is 70.8 Å². The van der Waals surface area contributed by atoms with E-state index in [9.17, 15) is 4.79 Å². The summed E-state index contributed by atoms with van der Waals surface area (Å²) < 4.78 is 5.96. The summed E-state index contributed by atoms with van der Waals surface area (Å²) in [5.41, 5.74) is 4.74. The van der Waals surface area contributed by atoms with Crippen molar-refractivity contribution in [3.8, 4) is 0 Å². The molecule has 0 fully saturated rings. The van der Waals surface area contributed by atoms with E-state index in [2.05, 4.69) is 30.3 Å². The first kappa shape index (κ1) is 12.8. The van der Waals surface area contributed by atoms with Crippen LogP contribution in [0.5, 0.6) is 0 Å². The van der Waals surface area contributed by atoms with E-state index >= 15 is 0 Å². The van der Waals surface area contributed by atoms with E-state index in [1.54, 1.807) is 0 Å². The molecule has 0 amide bonds. The Hall–Kier alpha value is -1.93. The SMILES string of the molecule is O=C1c2ccccc2CC1CC1OCCc2ccccc21. The summed E-state index contributed by atoms with van der Waals surface area (Å²) in [6.07, 6.45) is 2.70. The molecule has 2 nitrogen and oxygen atoms in total. The van der Waals surface area contributed by atoms with Gasteiger partial charge < -0.3 is 4.74 Å². The van der Waals surface area contributed by atoms with Crippen LogP contribution in [0.1, 0.15) is 39.6 Å². The molecule has 2 heteroatoms.